The van der Waals surface area contributed by atoms with Gasteiger partial charge in [0.05, 0.1) is 12.2 Å². The Hall–Kier alpha value is -2.98. The number of hydrogen-bond donors (Lipinski definition) is 2. The van der Waals surface area contributed by atoms with E-state index in [0.29, 0.717) is 24.8 Å². The molecule has 2 N–H and O–H groups in total. The van der Waals surface area contributed by atoms with Gasteiger partial charge in [0, 0.05) is 37.9 Å². The molecule has 0 radical (unpaired) electrons. The predicted molar refractivity (Wildman–Crippen MR) is 112 cm³/mol. The number of imide groups is 1. The van der Waals surface area contributed by atoms with Gasteiger partial charge < -0.3 is 15.5 Å². The molecule has 0 spiro atoms. The van der Waals surface area contributed by atoms with Crippen LogP contribution in [0, 0.1) is 5.82 Å². The Morgan fingerprint density at radius 3 is 2.60 bits per heavy atom. The summed E-state index contributed by atoms with van der Waals surface area (Å²) in [5.41, 5.74) is 1.41. The van der Waals surface area contributed by atoms with Crippen LogP contribution in [0.1, 0.15) is 18.5 Å². The Morgan fingerprint density at radius 2 is 1.97 bits per heavy atom. The van der Waals surface area contributed by atoms with Crippen molar-refractivity contribution >= 4 is 40.7 Å². The Morgan fingerprint density at radius 1 is 1.20 bits per heavy atom. The van der Waals surface area contributed by atoms with Crippen molar-refractivity contribution in [3.63, 3.8) is 0 Å². The maximum absolute atomic E-state index is 14.2. The number of halogens is 1. The van der Waals surface area contributed by atoms with Crippen molar-refractivity contribution in [1.29, 1.82) is 0 Å². The molecule has 30 heavy (non-hydrogen) atoms. The second-order valence-electron chi connectivity index (χ2n) is 7.24. The Balaban J connectivity index is 1.38. The van der Waals surface area contributed by atoms with E-state index in [2.05, 4.69) is 39.3 Å². The van der Waals surface area contributed by atoms with Gasteiger partial charge in [-0.25, -0.2) is 18.9 Å². The fourth-order valence-corrected chi connectivity index (χ4v) is 4.41. The van der Waals surface area contributed by atoms with Crippen molar-refractivity contribution in [3.8, 4) is 0 Å². The summed E-state index contributed by atoms with van der Waals surface area (Å²) >= 11 is 1.67. The average Bonchev–Trinajstić information content (AvgIpc) is 3.39. The van der Waals surface area contributed by atoms with Crippen LogP contribution in [-0.4, -0.2) is 60.5 Å². The third kappa shape index (κ3) is 4.01. The average molecular weight is 431 g/mol. The van der Waals surface area contributed by atoms with Crippen LogP contribution in [0.2, 0.25) is 0 Å². The highest BCUT2D eigenvalue weighted by atomic mass is 32.1. The molecular formula is C20H22FN5O3S. The molecule has 2 aliphatic rings. The first-order chi connectivity index (χ1) is 14.4. The van der Waals surface area contributed by atoms with Crippen molar-refractivity contribution in [1.82, 2.24) is 15.1 Å². The quantitative estimate of drug-likeness (QED) is 0.729. The summed E-state index contributed by atoms with van der Waals surface area (Å²) in [6.07, 6.45) is 0. The highest BCUT2D eigenvalue weighted by molar-refractivity contribution is 7.07. The molecule has 0 saturated carbocycles. The van der Waals surface area contributed by atoms with Gasteiger partial charge in [0.2, 0.25) is 0 Å². The van der Waals surface area contributed by atoms with E-state index in [1.54, 1.807) is 16.2 Å². The van der Waals surface area contributed by atoms with Gasteiger partial charge in [0.25, 0.3) is 5.91 Å². The molecule has 0 aliphatic carbocycles. The minimum Gasteiger partial charge on any atom is -0.328 e. The molecule has 5 amide bonds. The summed E-state index contributed by atoms with van der Waals surface area (Å²) in [4.78, 5) is 41.1. The number of anilines is 2. The normalized spacial score (nSPS) is 18.5. The Labute approximate surface area is 177 Å². The summed E-state index contributed by atoms with van der Waals surface area (Å²) in [5, 5.41) is 9.29. The lowest BCUT2D eigenvalue weighted by atomic mass is 10.1. The van der Waals surface area contributed by atoms with Gasteiger partial charge in [-0.1, -0.05) is 0 Å². The summed E-state index contributed by atoms with van der Waals surface area (Å²) in [5.74, 6) is -1.26. The maximum atomic E-state index is 14.2. The van der Waals surface area contributed by atoms with Crippen LogP contribution in [0.5, 0.6) is 0 Å². The van der Waals surface area contributed by atoms with Gasteiger partial charge in [-0.2, -0.15) is 11.3 Å². The molecule has 2 aromatic rings. The van der Waals surface area contributed by atoms with Crippen LogP contribution in [0.15, 0.2) is 35.0 Å². The molecule has 158 valence electrons. The van der Waals surface area contributed by atoms with E-state index < -0.39 is 17.8 Å². The fourth-order valence-electron chi connectivity index (χ4n) is 3.67. The Kier molecular flexibility index (Phi) is 5.69. The number of urea groups is 2. The lowest BCUT2D eigenvalue weighted by Crippen LogP contribution is -2.50. The van der Waals surface area contributed by atoms with Crippen LogP contribution in [0.4, 0.5) is 25.4 Å². The van der Waals surface area contributed by atoms with E-state index in [9.17, 15) is 18.8 Å². The summed E-state index contributed by atoms with van der Waals surface area (Å²) in [7, 11) is 0. The third-order valence-electron chi connectivity index (χ3n) is 5.46. The molecule has 4 rings (SSSR count). The molecular weight excluding hydrogens is 409 g/mol. The fraction of sp³-hybridized carbons (Fsp3) is 0.350. The molecule has 10 heteroatoms. The number of thiophene rings is 1. The largest absolute Gasteiger partial charge is 0.329 e. The summed E-state index contributed by atoms with van der Waals surface area (Å²) < 4.78 is 14.2. The smallest absolute Gasteiger partial charge is 0.328 e. The van der Waals surface area contributed by atoms with Crippen LogP contribution in [0.3, 0.4) is 0 Å². The lowest BCUT2D eigenvalue weighted by Gasteiger charge is -2.37. The van der Waals surface area contributed by atoms with Crippen LogP contribution >= 0.6 is 11.3 Å². The summed E-state index contributed by atoms with van der Waals surface area (Å²) in [6, 6.07) is 5.27. The van der Waals surface area contributed by atoms with Gasteiger partial charge in [-0.3, -0.25) is 9.69 Å². The number of benzene rings is 1. The van der Waals surface area contributed by atoms with Gasteiger partial charge in [-0.05, 0) is 47.5 Å². The van der Waals surface area contributed by atoms with Gasteiger partial charge in [-0.15, -0.1) is 0 Å². The predicted octanol–water partition coefficient (Wildman–Crippen LogP) is 2.85. The summed E-state index contributed by atoms with van der Waals surface area (Å²) in [6.45, 7) is 4.63. The molecule has 3 heterocycles. The molecule has 1 aromatic carbocycles. The molecule has 2 aliphatic heterocycles. The number of carbonyl (C=O) groups is 3. The first-order valence-electron chi connectivity index (χ1n) is 9.66. The maximum Gasteiger partial charge on any atom is 0.329 e. The number of amides is 5. The van der Waals surface area contributed by atoms with E-state index in [4.69, 9.17) is 0 Å². The van der Waals surface area contributed by atoms with Crippen LogP contribution < -0.4 is 15.5 Å². The van der Waals surface area contributed by atoms with E-state index >= 15 is 0 Å². The molecule has 0 unspecified atom stereocenters. The van der Waals surface area contributed by atoms with Crippen LogP contribution in [-0.2, 0) is 4.79 Å². The number of nitrogens with zero attached hydrogens (tertiary/aromatic N) is 3. The van der Waals surface area contributed by atoms with Crippen molar-refractivity contribution in [2.75, 3.05) is 42.9 Å². The highest BCUT2D eigenvalue weighted by Crippen LogP contribution is 2.26. The molecule has 8 nitrogen and oxygen atoms in total. The van der Waals surface area contributed by atoms with E-state index in [1.165, 1.54) is 17.7 Å². The Bertz CT molecular complexity index is 943. The SMILES string of the molecule is C[C@@H](c1ccsc1)N1CCN(C(=O)Nc2ccc(F)c(N3C(=O)CNC3=O)c2)CC1. The number of nitrogens with one attached hydrogen (secondary N) is 2. The molecule has 1 atom stereocenters. The number of piperazine rings is 1. The minimum absolute atomic E-state index is 0.178. The lowest BCUT2D eigenvalue weighted by molar-refractivity contribution is -0.115. The molecule has 2 fully saturated rings. The van der Waals surface area contributed by atoms with Crippen molar-refractivity contribution in [3.05, 3.63) is 46.4 Å². The number of hydrogen-bond acceptors (Lipinski definition) is 5. The van der Waals surface area contributed by atoms with Gasteiger partial charge in [0.1, 0.15) is 5.82 Å². The van der Waals surface area contributed by atoms with Gasteiger partial charge in [0.15, 0.2) is 0 Å². The third-order valence-corrected chi connectivity index (χ3v) is 6.16. The topological polar surface area (TPSA) is 85.0 Å². The second-order valence-corrected chi connectivity index (χ2v) is 8.02. The van der Waals surface area contributed by atoms with Crippen molar-refractivity contribution < 1.29 is 18.8 Å². The van der Waals surface area contributed by atoms with Gasteiger partial charge >= 0.3 is 12.1 Å². The van der Waals surface area contributed by atoms with E-state index in [0.717, 1.165) is 24.1 Å². The van der Waals surface area contributed by atoms with Crippen molar-refractivity contribution in [2.45, 2.75) is 13.0 Å². The first kappa shape index (κ1) is 20.3. The van der Waals surface area contributed by atoms with E-state index in [1.807, 2.05) is 0 Å². The second kappa shape index (κ2) is 8.41. The molecule has 2 saturated heterocycles. The zero-order valence-corrected chi connectivity index (χ0v) is 17.2. The number of rotatable bonds is 4. The zero-order valence-electron chi connectivity index (χ0n) is 16.4. The monoisotopic (exact) mass is 431 g/mol. The highest BCUT2D eigenvalue weighted by Gasteiger charge is 2.32. The number of carbonyl (C=O) groups excluding carboxylic acids is 3. The molecule has 1 aromatic heterocycles. The van der Waals surface area contributed by atoms with Crippen molar-refractivity contribution in [2.24, 2.45) is 0 Å². The van der Waals surface area contributed by atoms with Crippen LogP contribution in [0.25, 0.3) is 0 Å². The first-order valence-corrected chi connectivity index (χ1v) is 10.6. The minimum atomic E-state index is -0.713. The molecule has 0 bridgehead atoms. The zero-order chi connectivity index (χ0) is 21.3. The standard InChI is InChI=1S/C20H22FN5O3S/c1-13(14-4-9-30-12-14)24-5-7-25(8-6-24)20(29)23-15-2-3-16(21)17(10-15)26-18(27)11-22-19(26)28/h2-4,9-10,12-13H,5-8,11H2,1H3,(H,22,28)(H,23,29)/t13-/m0/s1. The van der Waals surface area contributed by atoms with E-state index in [-0.39, 0.29) is 18.3 Å².